The van der Waals surface area contributed by atoms with Gasteiger partial charge in [0, 0.05) is 33.0 Å². The molecule has 0 atom stereocenters. The average molecular weight is 500 g/mol. The van der Waals surface area contributed by atoms with Crippen molar-refractivity contribution in [1.82, 2.24) is 4.90 Å². The summed E-state index contributed by atoms with van der Waals surface area (Å²) in [7, 11) is 3.41. The Hall–Kier alpha value is -2.08. The maximum absolute atomic E-state index is 10.8. The first-order valence-electron chi connectivity index (χ1n) is 12.0. The Kier molecular flexibility index (Phi) is 22.2. The van der Waals surface area contributed by atoms with Gasteiger partial charge in [0.2, 0.25) is 0 Å². The SMILES string of the molecule is CN(CCOCCOCCOCCN)Cc1cc(OCCCN)ccc1CCC=O.COC(C)=O. The highest BCUT2D eigenvalue weighted by Crippen LogP contribution is 2.21. The Morgan fingerprint density at radius 2 is 1.57 bits per heavy atom. The molecular weight excluding hydrogens is 454 g/mol. The molecule has 0 saturated carbocycles. The van der Waals surface area contributed by atoms with Gasteiger partial charge in [0.05, 0.1) is 53.4 Å². The molecule has 0 bridgehead atoms. The maximum Gasteiger partial charge on any atom is 0.302 e. The van der Waals surface area contributed by atoms with E-state index in [1.807, 2.05) is 6.07 Å². The van der Waals surface area contributed by atoms with Crippen molar-refractivity contribution >= 4 is 12.3 Å². The number of carbonyl (C=O) groups is 2. The fraction of sp³-hybridized carbons (Fsp3) is 0.680. The highest BCUT2D eigenvalue weighted by molar-refractivity contribution is 5.65. The number of methoxy groups -OCH3 is 1. The van der Waals surface area contributed by atoms with E-state index in [1.165, 1.54) is 25.2 Å². The van der Waals surface area contributed by atoms with E-state index in [2.05, 4.69) is 28.8 Å². The third kappa shape index (κ3) is 19.9. The number of aldehydes is 1. The largest absolute Gasteiger partial charge is 0.494 e. The standard InChI is InChI=1S/C22H39N3O5.C3H6O2/c1-25(9-13-28-15-17-29-16-14-27-12-8-24)19-21-18-22(30-11-3-7-23)6-5-20(21)4-2-10-26;1-3(4)5-2/h5-6,10,18H,2-4,7-9,11-17,19,23-24H2,1H3;1-2H3. The second-order valence-corrected chi connectivity index (χ2v) is 7.69. The first kappa shape index (κ1) is 32.9. The molecule has 0 heterocycles. The summed E-state index contributed by atoms with van der Waals surface area (Å²) in [4.78, 5) is 22.6. The molecule has 10 nitrogen and oxygen atoms in total. The zero-order chi connectivity index (χ0) is 26.2. The minimum Gasteiger partial charge on any atom is -0.494 e. The Balaban J connectivity index is 0.00000209. The van der Waals surface area contributed by atoms with E-state index in [0.717, 1.165) is 38.0 Å². The van der Waals surface area contributed by atoms with Crippen LogP contribution in [0, 0.1) is 0 Å². The van der Waals surface area contributed by atoms with E-state index in [4.69, 9.17) is 30.4 Å². The van der Waals surface area contributed by atoms with E-state index >= 15 is 0 Å². The number of esters is 1. The molecule has 202 valence electrons. The monoisotopic (exact) mass is 499 g/mol. The number of hydrogen-bond acceptors (Lipinski definition) is 10. The lowest BCUT2D eigenvalue weighted by Gasteiger charge is -2.20. The molecule has 0 spiro atoms. The first-order chi connectivity index (χ1) is 17.0. The van der Waals surface area contributed by atoms with Gasteiger partial charge in [0.25, 0.3) is 0 Å². The Labute approximate surface area is 210 Å². The molecular formula is C25H45N3O7. The number of hydrogen-bond donors (Lipinski definition) is 2. The molecule has 0 aliphatic heterocycles. The minimum absolute atomic E-state index is 0.245. The second-order valence-electron chi connectivity index (χ2n) is 7.69. The van der Waals surface area contributed by atoms with E-state index in [0.29, 0.717) is 65.8 Å². The number of nitrogens with two attached hydrogens (primary N) is 2. The van der Waals surface area contributed by atoms with Crippen LogP contribution < -0.4 is 16.2 Å². The van der Waals surface area contributed by atoms with Crippen LogP contribution >= 0.6 is 0 Å². The van der Waals surface area contributed by atoms with Crippen LogP contribution in [0.5, 0.6) is 5.75 Å². The molecule has 0 aliphatic carbocycles. The molecule has 0 amide bonds. The van der Waals surface area contributed by atoms with Gasteiger partial charge in [-0.05, 0) is 49.7 Å². The van der Waals surface area contributed by atoms with Crippen LogP contribution in [-0.2, 0) is 41.5 Å². The van der Waals surface area contributed by atoms with Gasteiger partial charge in [-0.3, -0.25) is 9.69 Å². The Morgan fingerprint density at radius 3 is 2.14 bits per heavy atom. The fourth-order valence-corrected chi connectivity index (χ4v) is 2.79. The predicted octanol–water partition coefficient (Wildman–Crippen LogP) is 1.17. The van der Waals surface area contributed by atoms with Gasteiger partial charge >= 0.3 is 5.97 Å². The zero-order valence-corrected chi connectivity index (χ0v) is 21.7. The average Bonchev–Trinajstić information content (AvgIpc) is 2.85. The number of carbonyl (C=O) groups excluding carboxylic acids is 2. The molecule has 0 fully saturated rings. The van der Waals surface area contributed by atoms with Gasteiger partial charge in [-0.25, -0.2) is 0 Å². The molecule has 4 N–H and O–H groups in total. The van der Waals surface area contributed by atoms with Gasteiger partial charge in [0.15, 0.2) is 0 Å². The quantitative estimate of drug-likeness (QED) is 0.153. The lowest BCUT2D eigenvalue weighted by Crippen LogP contribution is -2.24. The molecule has 0 radical (unpaired) electrons. The summed E-state index contributed by atoms with van der Waals surface area (Å²) in [5.41, 5.74) is 13.2. The smallest absolute Gasteiger partial charge is 0.302 e. The Bertz CT molecular complexity index is 662. The molecule has 10 heteroatoms. The van der Waals surface area contributed by atoms with Gasteiger partial charge in [-0.2, -0.15) is 0 Å². The van der Waals surface area contributed by atoms with Gasteiger partial charge in [0.1, 0.15) is 12.0 Å². The summed E-state index contributed by atoms with van der Waals surface area (Å²) in [5, 5.41) is 0. The van der Waals surface area contributed by atoms with Crippen LogP contribution in [0.25, 0.3) is 0 Å². The number of aryl methyl sites for hydroxylation is 1. The van der Waals surface area contributed by atoms with Crippen molar-refractivity contribution < 1.29 is 33.3 Å². The first-order valence-corrected chi connectivity index (χ1v) is 12.0. The van der Waals surface area contributed by atoms with E-state index in [9.17, 15) is 9.59 Å². The molecule has 1 rings (SSSR count). The van der Waals surface area contributed by atoms with Crippen molar-refractivity contribution in [2.45, 2.75) is 32.7 Å². The second kappa shape index (κ2) is 23.7. The zero-order valence-electron chi connectivity index (χ0n) is 21.7. The number of ether oxygens (including phenoxy) is 5. The number of nitrogens with zero attached hydrogens (tertiary/aromatic N) is 1. The number of likely N-dealkylation sites (N-methyl/N-ethyl adjacent to an activating group) is 1. The molecule has 0 aliphatic rings. The molecule has 35 heavy (non-hydrogen) atoms. The number of rotatable bonds is 20. The summed E-state index contributed by atoms with van der Waals surface area (Å²) in [6, 6.07) is 6.08. The predicted molar refractivity (Wildman–Crippen MR) is 136 cm³/mol. The summed E-state index contributed by atoms with van der Waals surface area (Å²) in [6.45, 7) is 8.07. The lowest BCUT2D eigenvalue weighted by atomic mass is 10.0. The van der Waals surface area contributed by atoms with E-state index in [1.54, 1.807) is 0 Å². The highest BCUT2D eigenvalue weighted by atomic mass is 16.5. The van der Waals surface area contributed by atoms with Crippen LogP contribution in [0.15, 0.2) is 18.2 Å². The third-order valence-electron chi connectivity index (χ3n) is 4.68. The van der Waals surface area contributed by atoms with Crippen LogP contribution in [0.1, 0.15) is 30.9 Å². The third-order valence-corrected chi connectivity index (χ3v) is 4.68. The van der Waals surface area contributed by atoms with Gasteiger partial charge in [-0.1, -0.05) is 6.07 Å². The number of benzene rings is 1. The van der Waals surface area contributed by atoms with Crippen molar-refractivity contribution in [3.05, 3.63) is 29.3 Å². The van der Waals surface area contributed by atoms with Crippen molar-refractivity contribution in [2.75, 3.05) is 80.0 Å². The molecule has 0 saturated heterocycles. The topological polar surface area (TPSA) is 136 Å². The molecule has 1 aromatic rings. The maximum atomic E-state index is 10.8. The van der Waals surface area contributed by atoms with E-state index in [-0.39, 0.29) is 5.97 Å². The van der Waals surface area contributed by atoms with Crippen molar-refractivity contribution in [1.29, 1.82) is 0 Å². The Morgan fingerprint density at radius 1 is 0.943 bits per heavy atom. The van der Waals surface area contributed by atoms with E-state index < -0.39 is 0 Å². The summed E-state index contributed by atoms with van der Waals surface area (Å²) >= 11 is 0. The highest BCUT2D eigenvalue weighted by Gasteiger charge is 2.08. The molecule has 0 unspecified atom stereocenters. The summed E-state index contributed by atoms with van der Waals surface area (Å²) in [5.74, 6) is 0.593. The summed E-state index contributed by atoms with van der Waals surface area (Å²) in [6.07, 6.45) is 3.03. The van der Waals surface area contributed by atoms with Crippen molar-refractivity contribution in [3.63, 3.8) is 0 Å². The van der Waals surface area contributed by atoms with Crippen molar-refractivity contribution in [2.24, 2.45) is 11.5 Å². The minimum atomic E-state index is -0.245. The molecule has 0 aromatic heterocycles. The van der Waals surface area contributed by atoms with Crippen LogP contribution in [-0.4, -0.2) is 97.2 Å². The van der Waals surface area contributed by atoms with Crippen LogP contribution in [0.2, 0.25) is 0 Å². The van der Waals surface area contributed by atoms with Crippen LogP contribution in [0.3, 0.4) is 0 Å². The lowest BCUT2D eigenvalue weighted by molar-refractivity contribution is -0.137. The fourth-order valence-electron chi connectivity index (χ4n) is 2.79. The summed E-state index contributed by atoms with van der Waals surface area (Å²) < 4.78 is 26.2. The van der Waals surface area contributed by atoms with Crippen LogP contribution in [0.4, 0.5) is 0 Å². The van der Waals surface area contributed by atoms with Gasteiger partial charge in [-0.15, -0.1) is 0 Å². The normalized spacial score (nSPS) is 10.6. The molecule has 1 aromatic carbocycles. The van der Waals surface area contributed by atoms with Gasteiger partial charge < -0.3 is 39.9 Å². The van der Waals surface area contributed by atoms with Crippen molar-refractivity contribution in [3.8, 4) is 5.75 Å².